The number of benzene rings is 1. The van der Waals surface area contributed by atoms with Gasteiger partial charge in [0.15, 0.2) is 5.25 Å². The van der Waals surface area contributed by atoms with E-state index in [1.807, 2.05) is 31.2 Å². The Morgan fingerprint density at radius 1 is 1.35 bits per heavy atom. The summed E-state index contributed by atoms with van der Waals surface area (Å²) in [5, 5.41) is 7.75. The lowest BCUT2D eigenvalue weighted by Crippen LogP contribution is -2.32. The highest BCUT2D eigenvalue weighted by atomic mass is 32.2. The van der Waals surface area contributed by atoms with Crippen LogP contribution in [0.3, 0.4) is 0 Å². The zero-order valence-corrected chi connectivity index (χ0v) is 10.8. The lowest BCUT2D eigenvalue weighted by molar-refractivity contribution is 0.572. The molecule has 4 nitrogen and oxygen atoms in total. The van der Waals surface area contributed by atoms with Gasteiger partial charge in [-0.25, -0.2) is 13.1 Å². The van der Waals surface area contributed by atoms with Crippen molar-refractivity contribution in [1.82, 2.24) is 4.72 Å². The Balaban J connectivity index is 2.68. The molecule has 0 fully saturated rings. The maximum atomic E-state index is 11.7. The molecular weight excluding hydrogens is 236 g/mol. The van der Waals surface area contributed by atoms with Gasteiger partial charge in [0.2, 0.25) is 10.0 Å². The molecule has 0 bridgehead atoms. The molecule has 1 aromatic rings. The number of nitrogens with zero attached hydrogens (tertiary/aromatic N) is 1. The molecule has 0 aliphatic rings. The second-order valence-electron chi connectivity index (χ2n) is 3.88. The second-order valence-corrected chi connectivity index (χ2v) is 5.83. The third-order valence-electron chi connectivity index (χ3n) is 2.49. The topological polar surface area (TPSA) is 70.0 Å². The highest BCUT2D eigenvalue weighted by molar-refractivity contribution is 7.90. The minimum Gasteiger partial charge on any atom is -0.211 e. The van der Waals surface area contributed by atoms with Crippen LogP contribution in [0, 0.1) is 18.3 Å². The zero-order valence-electron chi connectivity index (χ0n) is 9.97. The summed E-state index contributed by atoms with van der Waals surface area (Å²) in [6.45, 7) is 3.87. The van der Waals surface area contributed by atoms with Gasteiger partial charge >= 0.3 is 0 Å². The van der Waals surface area contributed by atoms with Crippen molar-refractivity contribution >= 4 is 10.0 Å². The van der Waals surface area contributed by atoms with Gasteiger partial charge in [-0.05, 0) is 18.9 Å². The monoisotopic (exact) mass is 252 g/mol. The molecule has 0 amide bonds. The molecule has 0 aliphatic carbocycles. The van der Waals surface area contributed by atoms with Crippen molar-refractivity contribution in [2.24, 2.45) is 0 Å². The van der Waals surface area contributed by atoms with Gasteiger partial charge in [-0.2, -0.15) is 5.26 Å². The molecule has 1 aromatic carbocycles. The predicted octanol–water partition coefficient (Wildman–Crippen LogP) is 1.72. The fourth-order valence-electron chi connectivity index (χ4n) is 1.37. The van der Waals surface area contributed by atoms with Gasteiger partial charge in [0.05, 0.1) is 6.07 Å². The number of hydrogen-bond donors (Lipinski definition) is 1. The Bertz CT molecular complexity index is 500. The van der Waals surface area contributed by atoms with E-state index in [2.05, 4.69) is 4.72 Å². The number of hydrogen-bond acceptors (Lipinski definition) is 3. The van der Waals surface area contributed by atoms with Crippen molar-refractivity contribution in [1.29, 1.82) is 5.26 Å². The van der Waals surface area contributed by atoms with Crippen LogP contribution in [0.5, 0.6) is 0 Å². The normalized spacial score (nSPS) is 13.0. The molecule has 0 saturated carbocycles. The maximum Gasteiger partial charge on any atom is 0.228 e. The van der Waals surface area contributed by atoms with Crippen molar-refractivity contribution in [3.05, 3.63) is 35.4 Å². The van der Waals surface area contributed by atoms with Gasteiger partial charge in [-0.3, -0.25) is 0 Å². The van der Waals surface area contributed by atoms with Crippen molar-refractivity contribution in [3.8, 4) is 6.07 Å². The molecule has 1 unspecified atom stereocenters. The Labute approximate surface area is 102 Å². The second kappa shape index (κ2) is 5.80. The summed E-state index contributed by atoms with van der Waals surface area (Å²) in [7, 11) is -3.54. The van der Waals surface area contributed by atoms with Gasteiger partial charge in [-0.1, -0.05) is 36.8 Å². The molecule has 5 heteroatoms. The summed E-state index contributed by atoms with van der Waals surface area (Å²) < 4.78 is 25.8. The predicted molar refractivity (Wildman–Crippen MR) is 66.6 cm³/mol. The zero-order chi connectivity index (χ0) is 12.9. The summed E-state index contributed by atoms with van der Waals surface area (Å²) in [6, 6.07) is 9.36. The van der Waals surface area contributed by atoms with Gasteiger partial charge < -0.3 is 0 Å². The fraction of sp³-hybridized carbons (Fsp3) is 0.417. The Morgan fingerprint density at radius 2 is 1.94 bits per heavy atom. The molecular formula is C12H16N2O2S. The van der Waals surface area contributed by atoms with E-state index in [0.717, 1.165) is 11.1 Å². The van der Waals surface area contributed by atoms with Crippen molar-refractivity contribution in [3.63, 3.8) is 0 Å². The van der Waals surface area contributed by atoms with Crippen molar-refractivity contribution < 1.29 is 8.42 Å². The van der Waals surface area contributed by atoms with Gasteiger partial charge in [-0.15, -0.1) is 0 Å². The molecule has 1 N–H and O–H groups in total. The highest BCUT2D eigenvalue weighted by Gasteiger charge is 2.22. The largest absolute Gasteiger partial charge is 0.228 e. The third kappa shape index (κ3) is 3.84. The lowest BCUT2D eigenvalue weighted by atomic mass is 10.2. The molecule has 0 spiro atoms. The highest BCUT2D eigenvalue weighted by Crippen LogP contribution is 2.06. The molecule has 92 valence electrons. The molecule has 17 heavy (non-hydrogen) atoms. The lowest BCUT2D eigenvalue weighted by Gasteiger charge is -2.10. The van der Waals surface area contributed by atoms with E-state index in [-0.39, 0.29) is 6.54 Å². The molecule has 1 rings (SSSR count). The van der Waals surface area contributed by atoms with E-state index in [1.54, 1.807) is 13.0 Å². The minimum absolute atomic E-state index is 0.223. The first-order chi connectivity index (χ1) is 7.99. The van der Waals surface area contributed by atoms with Crippen LogP contribution in [0.1, 0.15) is 24.5 Å². The fourth-order valence-corrected chi connectivity index (χ4v) is 2.52. The van der Waals surface area contributed by atoms with E-state index in [9.17, 15) is 8.42 Å². The SMILES string of the molecule is CCC(C#N)S(=O)(=O)NCc1ccc(C)cc1. The average Bonchev–Trinajstić information content (AvgIpc) is 2.29. The van der Waals surface area contributed by atoms with E-state index in [1.165, 1.54) is 0 Å². The van der Waals surface area contributed by atoms with Crippen LogP contribution in [-0.2, 0) is 16.6 Å². The van der Waals surface area contributed by atoms with Crippen LogP contribution in [0.15, 0.2) is 24.3 Å². The van der Waals surface area contributed by atoms with Crippen LogP contribution in [0.25, 0.3) is 0 Å². The summed E-state index contributed by atoms with van der Waals surface area (Å²) in [5.41, 5.74) is 2.01. The van der Waals surface area contributed by atoms with Crippen molar-refractivity contribution in [2.75, 3.05) is 0 Å². The number of rotatable bonds is 5. The maximum absolute atomic E-state index is 11.7. The number of aryl methyl sites for hydroxylation is 1. The third-order valence-corrected chi connectivity index (χ3v) is 4.22. The standard InChI is InChI=1S/C12H16N2O2S/c1-3-12(8-13)17(15,16)14-9-11-6-4-10(2)5-7-11/h4-7,12,14H,3,9H2,1-2H3. The molecule has 0 aliphatic heterocycles. The summed E-state index contributed by atoms with van der Waals surface area (Å²) in [4.78, 5) is 0. The van der Waals surface area contributed by atoms with Crippen LogP contribution in [0.2, 0.25) is 0 Å². The Kier molecular flexibility index (Phi) is 4.67. The van der Waals surface area contributed by atoms with Gasteiger partial charge in [0.25, 0.3) is 0 Å². The number of sulfonamides is 1. The van der Waals surface area contributed by atoms with E-state index < -0.39 is 15.3 Å². The molecule has 0 aromatic heterocycles. The first-order valence-electron chi connectivity index (χ1n) is 5.43. The van der Waals surface area contributed by atoms with E-state index >= 15 is 0 Å². The Morgan fingerprint density at radius 3 is 2.41 bits per heavy atom. The summed E-state index contributed by atoms with van der Waals surface area (Å²) in [6.07, 6.45) is 0.291. The van der Waals surface area contributed by atoms with Crippen LogP contribution < -0.4 is 4.72 Å². The first kappa shape index (κ1) is 13.7. The van der Waals surface area contributed by atoms with E-state index in [0.29, 0.717) is 6.42 Å². The molecule has 0 saturated heterocycles. The summed E-state index contributed by atoms with van der Waals surface area (Å²) >= 11 is 0. The summed E-state index contributed by atoms with van der Waals surface area (Å²) in [5.74, 6) is 0. The number of nitriles is 1. The minimum atomic E-state index is -3.54. The van der Waals surface area contributed by atoms with Crippen LogP contribution in [-0.4, -0.2) is 13.7 Å². The Hall–Kier alpha value is -1.38. The molecule has 0 radical (unpaired) electrons. The smallest absolute Gasteiger partial charge is 0.211 e. The van der Waals surface area contributed by atoms with Crippen LogP contribution >= 0.6 is 0 Å². The van der Waals surface area contributed by atoms with Crippen molar-refractivity contribution in [2.45, 2.75) is 32.1 Å². The first-order valence-corrected chi connectivity index (χ1v) is 6.98. The molecule has 1 atom stereocenters. The molecule has 0 heterocycles. The van der Waals surface area contributed by atoms with Gasteiger partial charge in [0.1, 0.15) is 0 Å². The number of nitrogens with one attached hydrogen (secondary N) is 1. The quantitative estimate of drug-likeness (QED) is 0.867. The van der Waals surface area contributed by atoms with E-state index in [4.69, 9.17) is 5.26 Å². The average molecular weight is 252 g/mol. The van der Waals surface area contributed by atoms with Crippen LogP contribution in [0.4, 0.5) is 0 Å². The van der Waals surface area contributed by atoms with Gasteiger partial charge in [0, 0.05) is 6.54 Å².